The Bertz CT molecular complexity index is 627. The molecule has 0 unspecified atom stereocenters. The number of anilines is 1. The van der Waals surface area contributed by atoms with E-state index in [0.717, 1.165) is 0 Å². The number of carbonyl (C=O) groups excluding carboxylic acids is 1. The second kappa shape index (κ2) is 3.93. The van der Waals surface area contributed by atoms with E-state index in [-0.39, 0.29) is 0 Å². The van der Waals surface area contributed by atoms with Crippen LogP contribution in [0.2, 0.25) is 0 Å². The van der Waals surface area contributed by atoms with E-state index in [2.05, 4.69) is 21.2 Å². The van der Waals surface area contributed by atoms with E-state index in [1.165, 1.54) is 0 Å². The summed E-state index contributed by atoms with van der Waals surface area (Å²) in [7, 11) is 0. The average Bonchev–Trinajstić information content (AvgIpc) is 2.65. The van der Waals surface area contributed by atoms with Gasteiger partial charge < -0.3 is 10.4 Å². The van der Waals surface area contributed by atoms with Crippen LogP contribution in [-0.2, 0) is 10.4 Å². The molecule has 1 aliphatic heterocycles. The minimum atomic E-state index is -1.63. The summed E-state index contributed by atoms with van der Waals surface area (Å²) in [5, 5.41) is 13.5. The monoisotopic (exact) mass is 303 g/mol. The van der Waals surface area contributed by atoms with Crippen LogP contribution in [0.5, 0.6) is 0 Å². The van der Waals surface area contributed by atoms with Gasteiger partial charge in [-0.05, 0) is 17.7 Å². The first-order chi connectivity index (χ1) is 8.64. The molecule has 1 heterocycles. The third-order valence-corrected chi connectivity index (χ3v) is 3.80. The number of rotatable bonds is 1. The SMILES string of the molecule is O=C1Nc2cccc(Br)c2[C@]1(O)c1ccccc1. The summed E-state index contributed by atoms with van der Waals surface area (Å²) in [6.45, 7) is 0. The Hall–Kier alpha value is -1.65. The van der Waals surface area contributed by atoms with Crippen LogP contribution in [0.1, 0.15) is 11.1 Å². The van der Waals surface area contributed by atoms with Crippen LogP contribution in [0.3, 0.4) is 0 Å². The van der Waals surface area contributed by atoms with Gasteiger partial charge in [-0.2, -0.15) is 0 Å². The quantitative estimate of drug-likeness (QED) is 0.851. The van der Waals surface area contributed by atoms with E-state index < -0.39 is 11.5 Å². The maximum absolute atomic E-state index is 12.1. The number of carbonyl (C=O) groups is 1. The second-order valence-electron chi connectivity index (χ2n) is 4.19. The van der Waals surface area contributed by atoms with E-state index in [4.69, 9.17) is 0 Å². The molecule has 0 aliphatic carbocycles. The van der Waals surface area contributed by atoms with Crippen molar-refractivity contribution in [3.05, 3.63) is 64.1 Å². The van der Waals surface area contributed by atoms with Gasteiger partial charge in [-0.1, -0.05) is 52.3 Å². The average molecular weight is 304 g/mol. The highest BCUT2D eigenvalue weighted by atomic mass is 79.9. The highest BCUT2D eigenvalue weighted by Gasteiger charge is 2.47. The number of halogens is 1. The second-order valence-corrected chi connectivity index (χ2v) is 5.05. The molecule has 1 atom stereocenters. The van der Waals surface area contributed by atoms with Crippen LogP contribution in [0, 0.1) is 0 Å². The van der Waals surface area contributed by atoms with Gasteiger partial charge in [-0.25, -0.2) is 0 Å². The van der Waals surface area contributed by atoms with Gasteiger partial charge in [0.2, 0.25) is 0 Å². The molecule has 0 saturated heterocycles. The Balaban J connectivity index is 2.29. The third-order valence-electron chi connectivity index (χ3n) is 3.14. The predicted molar refractivity (Wildman–Crippen MR) is 72.2 cm³/mol. The summed E-state index contributed by atoms with van der Waals surface area (Å²) in [4.78, 5) is 12.1. The zero-order valence-electron chi connectivity index (χ0n) is 9.35. The molecule has 0 bridgehead atoms. The molecular formula is C14H10BrNO2. The standard InChI is InChI=1S/C14H10BrNO2/c15-10-7-4-8-11-12(10)14(18,13(17)16-11)9-5-2-1-3-6-9/h1-8,18H,(H,16,17)/t14-/m1/s1. The zero-order chi connectivity index (χ0) is 12.8. The number of amides is 1. The molecule has 1 amide bonds. The van der Waals surface area contributed by atoms with E-state index in [9.17, 15) is 9.90 Å². The Morgan fingerprint density at radius 2 is 1.78 bits per heavy atom. The minimum Gasteiger partial charge on any atom is -0.372 e. The Kier molecular flexibility index (Phi) is 2.50. The molecule has 2 aromatic carbocycles. The fourth-order valence-corrected chi connectivity index (χ4v) is 2.93. The third kappa shape index (κ3) is 1.43. The van der Waals surface area contributed by atoms with Crippen LogP contribution in [-0.4, -0.2) is 11.0 Å². The first-order valence-electron chi connectivity index (χ1n) is 5.52. The maximum atomic E-state index is 12.1. The van der Waals surface area contributed by atoms with Crippen LogP contribution in [0.15, 0.2) is 53.0 Å². The first-order valence-corrected chi connectivity index (χ1v) is 6.31. The fourth-order valence-electron chi connectivity index (χ4n) is 2.28. The number of hydrogen-bond donors (Lipinski definition) is 2. The molecule has 3 rings (SSSR count). The molecule has 0 spiro atoms. The van der Waals surface area contributed by atoms with Gasteiger partial charge in [-0.3, -0.25) is 4.79 Å². The number of aliphatic hydroxyl groups is 1. The largest absolute Gasteiger partial charge is 0.372 e. The van der Waals surface area contributed by atoms with Gasteiger partial charge in [0, 0.05) is 15.7 Å². The lowest BCUT2D eigenvalue weighted by Gasteiger charge is -2.22. The number of fused-ring (bicyclic) bond motifs is 1. The molecule has 0 fully saturated rings. The van der Waals surface area contributed by atoms with Crippen molar-refractivity contribution >= 4 is 27.5 Å². The van der Waals surface area contributed by atoms with Crippen molar-refractivity contribution in [3.8, 4) is 0 Å². The van der Waals surface area contributed by atoms with Crippen molar-refractivity contribution in [2.75, 3.05) is 5.32 Å². The van der Waals surface area contributed by atoms with E-state index in [0.29, 0.717) is 21.3 Å². The van der Waals surface area contributed by atoms with Crippen LogP contribution in [0.25, 0.3) is 0 Å². The minimum absolute atomic E-state index is 0.421. The van der Waals surface area contributed by atoms with Gasteiger partial charge in [-0.15, -0.1) is 0 Å². The fraction of sp³-hybridized carbons (Fsp3) is 0.0714. The maximum Gasteiger partial charge on any atom is 0.265 e. The summed E-state index contributed by atoms with van der Waals surface area (Å²) in [5.41, 5.74) is 0.145. The molecule has 1 aliphatic rings. The lowest BCUT2D eigenvalue weighted by atomic mass is 9.88. The van der Waals surface area contributed by atoms with Gasteiger partial charge in [0.25, 0.3) is 5.91 Å². The van der Waals surface area contributed by atoms with E-state index in [1.807, 2.05) is 18.2 Å². The summed E-state index contributed by atoms with van der Waals surface area (Å²) in [6, 6.07) is 14.3. The highest BCUT2D eigenvalue weighted by Crippen LogP contribution is 2.44. The Morgan fingerprint density at radius 1 is 1.06 bits per heavy atom. The number of benzene rings is 2. The molecule has 3 nitrogen and oxygen atoms in total. The Labute approximate surface area is 113 Å². The van der Waals surface area contributed by atoms with Crippen LogP contribution < -0.4 is 5.32 Å². The van der Waals surface area contributed by atoms with E-state index in [1.54, 1.807) is 30.3 Å². The molecular weight excluding hydrogens is 294 g/mol. The van der Waals surface area contributed by atoms with Crippen LogP contribution in [0.4, 0.5) is 5.69 Å². The summed E-state index contributed by atoms with van der Waals surface area (Å²) >= 11 is 3.40. The molecule has 0 saturated carbocycles. The number of nitrogens with one attached hydrogen (secondary N) is 1. The molecule has 0 aromatic heterocycles. The molecule has 0 radical (unpaired) electrons. The molecule has 2 aromatic rings. The molecule has 18 heavy (non-hydrogen) atoms. The van der Waals surface area contributed by atoms with Crippen molar-refractivity contribution in [2.45, 2.75) is 5.60 Å². The first kappa shape index (κ1) is 11.4. The summed E-state index contributed by atoms with van der Waals surface area (Å²) < 4.78 is 0.713. The van der Waals surface area contributed by atoms with Crippen molar-refractivity contribution < 1.29 is 9.90 Å². The van der Waals surface area contributed by atoms with Gasteiger partial charge >= 0.3 is 0 Å². The highest BCUT2D eigenvalue weighted by molar-refractivity contribution is 9.10. The topological polar surface area (TPSA) is 49.3 Å². The molecule has 2 N–H and O–H groups in total. The van der Waals surface area contributed by atoms with E-state index >= 15 is 0 Å². The lowest BCUT2D eigenvalue weighted by molar-refractivity contribution is -0.129. The van der Waals surface area contributed by atoms with Crippen molar-refractivity contribution in [1.29, 1.82) is 0 Å². The van der Waals surface area contributed by atoms with Gasteiger partial charge in [0.05, 0.1) is 0 Å². The van der Waals surface area contributed by atoms with Gasteiger partial charge in [0.1, 0.15) is 0 Å². The van der Waals surface area contributed by atoms with Crippen LogP contribution >= 0.6 is 15.9 Å². The summed E-state index contributed by atoms with van der Waals surface area (Å²) in [6.07, 6.45) is 0. The Morgan fingerprint density at radius 3 is 2.50 bits per heavy atom. The summed E-state index contributed by atoms with van der Waals surface area (Å²) in [5.74, 6) is -0.421. The van der Waals surface area contributed by atoms with Crippen molar-refractivity contribution in [2.24, 2.45) is 0 Å². The molecule has 90 valence electrons. The zero-order valence-corrected chi connectivity index (χ0v) is 10.9. The van der Waals surface area contributed by atoms with Crippen molar-refractivity contribution in [3.63, 3.8) is 0 Å². The number of hydrogen-bond acceptors (Lipinski definition) is 2. The predicted octanol–water partition coefficient (Wildman–Crippen LogP) is 2.64. The lowest BCUT2D eigenvalue weighted by Crippen LogP contribution is -2.35. The van der Waals surface area contributed by atoms with Gasteiger partial charge in [0.15, 0.2) is 5.60 Å². The van der Waals surface area contributed by atoms with Crippen molar-refractivity contribution in [1.82, 2.24) is 0 Å². The molecule has 4 heteroatoms. The smallest absolute Gasteiger partial charge is 0.265 e. The normalized spacial score (nSPS) is 21.6.